The molecule has 1 saturated heterocycles. The molecule has 0 atom stereocenters. The number of rotatable bonds is 5. The molecule has 1 aliphatic carbocycles. The Bertz CT molecular complexity index is 792. The van der Waals surface area contributed by atoms with E-state index in [0.717, 1.165) is 28.7 Å². The van der Waals surface area contributed by atoms with Gasteiger partial charge in [-0.15, -0.1) is 21.5 Å². The van der Waals surface area contributed by atoms with E-state index >= 15 is 0 Å². The van der Waals surface area contributed by atoms with Gasteiger partial charge in [-0.2, -0.15) is 0 Å². The standard InChI is InChI=1S/C17H21N5O2S2/c1-12(23)20-6-8-21(9-7-20)15(24)11-26-17-19-18-16(14-3-2-10-25-14)22(17)13-4-5-13/h2-3,10,13H,4-9,11H2,1H3. The highest BCUT2D eigenvalue weighted by Gasteiger charge is 2.31. The Labute approximate surface area is 160 Å². The van der Waals surface area contributed by atoms with Crippen LogP contribution in [0, 0.1) is 0 Å². The second kappa shape index (κ2) is 7.40. The summed E-state index contributed by atoms with van der Waals surface area (Å²) in [7, 11) is 0. The first-order valence-electron chi connectivity index (χ1n) is 8.78. The van der Waals surface area contributed by atoms with Crippen molar-refractivity contribution < 1.29 is 9.59 Å². The van der Waals surface area contributed by atoms with Gasteiger partial charge in [0.1, 0.15) is 0 Å². The van der Waals surface area contributed by atoms with Gasteiger partial charge in [0.15, 0.2) is 11.0 Å². The van der Waals surface area contributed by atoms with Crippen LogP contribution < -0.4 is 0 Å². The van der Waals surface area contributed by atoms with E-state index in [9.17, 15) is 9.59 Å². The molecule has 0 bridgehead atoms. The number of amides is 2. The van der Waals surface area contributed by atoms with Gasteiger partial charge >= 0.3 is 0 Å². The van der Waals surface area contributed by atoms with E-state index in [1.54, 1.807) is 23.2 Å². The second-order valence-corrected chi connectivity index (χ2v) is 8.45. The van der Waals surface area contributed by atoms with E-state index in [-0.39, 0.29) is 11.8 Å². The molecule has 2 fully saturated rings. The Hall–Kier alpha value is -1.87. The van der Waals surface area contributed by atoms with Gasteiger partial charge in [-0.05, 0) is 24.3 Å². The molecule has 3 heterocycles. The summed E-state index contributed by atoms with van der Waals surface area (Å²) < 4.78 is 2.19. The SMILES string of the molecule is CC(=O)N1CCN(C(=O)CSc2nnc(-c3cccs3)n2C2CC2)CC1. The quantitative estimate of drug-likeness (QED) is 0.730. The molecule has 2 aromatic heterocycles. The summed E-state index contributed by atoms with van der Waals surface area (Å²) in [6.07, 6.45) is 2.29. The highest BCUT2D eigenvalue weighted by Crippen LogP contribution is 2.41. The summed E-state index contributed by atoms with van der Waals surface area (Å²) in [6, 6.07) is 4.53. The van der Waals surface area contributed by atoms with Crippen LogP contribution in [0.3, 0.4) is 0 Å². The number of carbonyl (C=O) groups excluding carboxylic acids is 2. The van der Waals surface area contributed by atoms with Crippen LogP contribution in [0.1, 0.15) is 25.8 Å². The van der Waals surface area contributed by atoms with Crippen LogP contribution in [0.5, 0.6) is 0 Å². The number of hydrogen-bond donors (Lipinski definition) is 0. The summed E-state index contributed by atoms with van der Waals surface area (Å²) in [5.41, 5.74) is 0. The van der Waals surface area contributed by atoms with Crippen LogP contribution in [0.2, 0.25) is 0 Å². The zero-order chi connectivity index (χ0) is 18.1. The number of piperazine rings is 1. The lowest BCUT2D eigenvalue weighted by molar-refractivity contribution is -0.136. The van der Waals surface area contributed by atoms with Gasteiger partial charge in [0, 0.05) is 39.1 Å². The molecule has 0 aromatic carbocycles. The van der Waals surface area contributed by atoms with Crippen LogP contribution in [0.15, 0.2) is 22.7 Å². The fourth-order valence-electron chi connectivity index (χ4n) is 3.10. The minimum absolute atomic E-state index is 0.0742. The molecular weight excluding hydrogens is 370 g/mol. The van der Waals surface area contributed by atoms with Gasteiger partial charge in [-0.25, -0.2) is 0 Å². The fourth-order valence-corrected chi connectivity index (χ4v) is 4.71. The molecule has 0 unspecified atom stereocenters. The van der Waals surface area contributed by atoms with Crippen molar-refractivity contribution in [2.45, 2.75) is 31.0 Å². The minimum Gasteiger partial charge on any atom is -0.339 e. The number of thioether (sulfide) groups is 1. The van der Waals surface area contributed by atoms with Crippen molar-refractivity contribution in [3.05, 3.63) is 17.5 Å². The Morgan fingerprint density at radius 3 is 2.54 bits per heavy atom. The smallest absolute Gasteiger partial charge is 0.233 e. The Morgan fingerprint density at radius 2 is 1.92 bits per heavy atom. The molecule has 0 spiro atoms. The Morgan fingerprint density at radius 1 is 1.19 bits per heavy atom. The number of thiophene rings is 1. The molecule has 2 aromatic rings. The van der Waals surface area contributed by atoms with Crippen molar-refractivity contribution in [2.75, 3.05) is 31.9 Å². The molecule has 9 heteroatoms. The van der Waals surface area contributed by atoms with Crippen LogP contribution in [-0.4, -0.2) is 68.3 Å². The number of hydrogen-bond acceptors (Lipinski definition) is 6. The van der Waals surface area contributed by atoms with Crippen LogP contribution in [0.25, 0.3) is 10.7 Å². The second-order valence-electron chi connectivity index (χ2n) is 6.56. The first kappa shape index (κ1) is 17.5. The third-order valence-electron chi connectivity index (χ3n) is 4.72. The first-order valence-corrected chi connectivity index (χ1v) is 10.6. The van der Waals surface area contributed by atoms with Gasteiger partial charge in [0.05, 0.1) is 10.6 Å². The maximum absolute atomic E-state index is 12.5. The van der Waals surface area contributed by atoms with Gasteiger partial charge in [-0.1, -0.05) is 17.8 Å². The summed E-state index contributed by atoms with van der Waals surface area (Å²) in [5, 5.41) is 11.6. The summed E-state index contributed by atoms with van der Waals surface area (Å²) >= 11 is 3.12. The van der Waals surface area contributed by atoms with Gasteiger partial charge in [-0.3, -0.25) is 14.2 Å². The summed E-state index contributed by atoms with van der Waals surface area (Å²) in [5.74, 6) is 1.44. The fraction of sp³-hybridized carbons (Fsp3) is 0.529. The van der Waals surface area contributed by atoms with Gasteiger partial charge in [0.25, 0.3) is 0 Å². The molecule has 2 aliphatic rings. The molecule has 138 valence electrons. The molecule has 26 heavy (non-hydrogen) atoms. The number of aromatic nitrogens is 3. The van der Waals surface area contributed by atoms with Crippen molar-refractivity contribution >= 4 is 34.9 Å². The van der Waals surface area contributed by atoms with Crippen LogP contribution in [-0.2, 0) is 9.59 Å². The van der Waals surface area contributed by atoms with E-state index in [0.29, 0.717) is 38.0 Å². The van der Waals surface area contributed by atoms with Crippen molar-refractivity contribution in [3.63, 3.8) is 0 Å². The molecule has 0 radical (unpaired) electrons. The van der Waals surface area contributed by atoms with Crippen molar-refractivity contribution in [1.29, 1.82) is 0 Å². The summed E-state index contributed by atoms with van der Waals surface area (Å²) in [4.78, 5) is 28.7. The monoisotopic (exact) mass is 391 g/mol. The van der Waals surface area contributed by atoms with Crippen LogP contribution in [0.4, 0.5) is 0 Å². The molecule has 4 rings (SSSR count). The lowest BCUT2D eigenvalue weighted by Crippen LogP contribution is -2.50. The zero-order valence-corrected chi connectivity index (χ0v) is 16.3. The molecule has 2 amide bonds. The molecule has 0 N–H and O–H groups in total. The topological polar surface area (TPSA) is 71.3 Å². The highest BCUT2D eigenvalue weighted by atomic mass is 32.2. The van der Waals surface area contributed by atoms with E-state index in [1.165, 1.54) is 11.8 Å². The lowest BCUT2D eigenvalue weighted by atomic mass is 10.3. The van der Waals surface area contributed by atoms with Crippen molar-refractivity contribution in [3.8, 4) is 10.7 Å². The third-order valence-corrected chi connectivity index (χ3v) is 6.51. The van der Waals surface area contributed by atoms with E-state index in [2.05, 4.69) is 20.8 Å². The lowest BCUT2D eigenvalue weighted by Gasteiger charge is -2.34. The zero-order valence-electron chi connectivity index (χ0n) is 14.6. The van der Waals surface area contributed by atoms with Gasteiger partial charge in [0.2, 0.25) is 11.8 Å². The Kier molecular flexibility index (Phi) is 4.99. The van der Waals surface area contributed by atoms with E-state index in [1.807, 2.05) is 16.3 Å². The predicted molar refractivity (Wildman–Crippen MR) is 101 cm³/mol. The van der Waals surface area contributed by atoms with Crippen molar-refractivity contribution in [1.82, 2.24) is 24.6 Å². The molecule has 1 aliphatic heterocycles. The predicted octanol–water partition coefficient (Wildman–Crippen LogP) is 2.12. The maximum Gasteiger partial charge on any atom is 0.233 e. The van der Waals surface area contributed by atoms with E-state index < -0.39 is 0 Å². The third kappa shape index (κ3) is 3.64. The average Bonchev–Trinajstić information content (AvgIpc) is 3.18. The first-order chi connectivity index (χ1) is 12.6. The maximum atomic E-state index is 12.5. The summed E-state index contributed by atoms with van der Waals surface area (Å²) in [6.45, 7) is 4.02. The normalized spacial score (nSPS) is 17.6. The largest absolute Gasteiger partial charge is 0.339 e. The highest BCUT2D eigenvalue weighted by molar-refractivity contribution is 7.99. The molecular formula is C17H21N5O2S2. The Balaban J connectivity index is 1.39. The minimum atomic E-state index is 0.0742. The van der Waals surface area contributed by atoms with E-state index in [4.69, 9.17) is 0 Å². The average molecular weight is 392 g/mol. The molecule has 7 nitrogen and oxygen atoms in total. The van der Waals surface area contributed by atoms with Crippen LogP contribution >= 0.6 is 23.1 Å². The number of nitrogens with zero attached hydrogens (tertiary/aromatic N) is 5. The van der Waals surface area contributed by atoms with Crippen molar-refractivity contribution in [2.24, 2.45) is 0 Å². The van der Waals surface area contributed by atoms with Gasteiger partial charge < -0.3 is 9.80 Å². The molecule has 1 saturated carbocycles. The number of carbonyl (C=O) groups is 2.